The average Bonchev–Trinajstić information content (AvgIpc) is 2.64. The molecule has 0 bridgehead atoms. The highest BCUT2D eigenvalue weighted by Gasteiger charge is 2.34. The van der Waals surface area contributed by atoms with Gasteiger partial charge in [-0.1, -0.05) is 0 Å². The Bertz CT molecular complexity index is 198. The largest absolute Gasteiger partial charge is 0.214 e. The van der Waals surface area contributed by atoms with E-state index in [1.165, 1.54) is 0 Å². The molecule has 0 saturated heterocycles. The lowest BCUT2D eigenvalue weighted by Gasteiger charge is -2.00. The van der Waals surface area contributed by atoms with Crippen molar-refractivity contribution in [2.75, 3.05) is 12.4 Å². The molecule has 0 aromatic rings. The van der Waals surface area contributed by atoms with Crippen molar-refractivity contribution < 1.29 is 8.42 Å². The minimum Gasteiger partial charge on any atom is -0.214 e. The average molecular weight is 184 g/mol. The molecule has 0 aromatic heterocycles. The highest BCUT2D eigenvalue weighted by atomic mass is 35.5. The molecule has 1 aliphatic rings. The maximum absolute atomic E-state index is 11.0. The first-order chi connectivity index (χ1) is 4.67. The minimum absolute atomic E-state index is 0.129. The molecule has 0 spiro atoms. The van der Waals surface area contributed by atoms with Gasteiger partial charge in [-0.25, -0.2) is 13.1 Å². The van der Waals surface area contributed by atoms with Gasteiger partial charge in [0.25, 0.3) is 0 Å². The summed E-state index contributed by atoms with van der Waals surface area (Å²) in [7, 11) is -2.98. The predicted molar refractivity (Wildman–Crippen MR) is 40.7 cm³/mol. The first kappa shape index (κ1) is 8.30. The molecule has 60 valence electrons. The molecule has 1 rings (SSSR count). The normalized spacial score (nSPS) is 19.3. The van der Waals surface area contributed by atoms with Gasteiger partial charge < -0.3 is 0 Å². The first-order valence-corrected chi connectivity index (χ1v) is 5.29. The van der Waals surface area contributed by atoms with E-state index in [1.54, 1.807) is 0 Å². The zero-order valence-corrected chi connectivity index (χ0v) is 7.08. The summed E-state index contributed by atoms with van der Waals surface area (Å²) in [6, 6.07) is 0. The smallest absolute Gasteiger partial charge is 0.214 e. The van der Waals surface area contributed by atoms with Gasteiger partial charge >= 0.3 is 0 Å². The third kappa shape index (κ3) is 2.11. The molecule has 0 atom stereocenters. The molecule has 1 N–H and O–H groups in total. The van der Waals surface area contributed by atoms with Crippen LogP contribution in [-0.2, 0) is 10.0 Å². The lowest BCUT2D eigenvalue weighted by atomic mass is 10.8. The van der Waals surface area contributed by atoms with Crippen molar-refractivity contribution in [3.8, 4) is 0 Å². The van der Waals surface area contributed by atoms with Gasteiger partial charge in [0, 0.05) is 12.4 Å². The third-order valence-corrected chi connectivity index (χ3v) is 3.51. The van der Waals surface area contributed by atoms with Gasteiger partial charge in [0.1, 0.15) is 0 Å². The van der Waals surface area contributed by atoms with Crippen LogP contribution in [0.5, 0.6) is 0 Å². The summed E-state index contributed by atoms with van der Waals surface area (Å²) >= 11 is 5.31. The molecule has 1 fully saturated rings. The molecule has 0 aliphatic heterocycles. The fourth-order valence-electron chi connectivity index (χ4n) is 0.677. The van der Waals surface area contributed by atoms with E-state index in [2.05, 4.69) is 4.72 Å². The summed E-state index contributed by atoms with van der Waals surface area (Å²) < 4.78 is 24.4. The number of halogens is 1. The summed E-state index contributed by atoms with van der Waals surface area (Å²) in [5.41, 5.74) is 0. The van der Waals surface area contributed by atoms with Crippen molar-refractivity contribution in [2.45, 2.75) is 18.1 Å². The van der Waals surface area contributed by atoms with E-state index in [4.69, 9.17) is 11.6 Å². The van der Waals surface area contributed by atoms with Crippen LogP contribution in [0.15, 0.2) is 0 Å². The molecule has 10 heavy (non-hydrogen) atoms. The van der Waals surface area contributed by atoms with Gasteiger partial charge in [0.15, 0.2) is 0 Å². The van der Waals surface area contributed by atoms with Crippen LogP contribution in [0.3, 0.4) is 0 Å². The van der Waals surface area contributed by atoms with Crippen LogP contribution in [0.2, 0.25) is 0 Å². The molecule has 0 radical (unpaired) electrons. The molecule has 1 aliphatic carbocycles. The summed E-state index contributed by atoms with van der Waals surface area (Å²) in [4.78, 5) is 0. The van der Waals surface area contributed by atoms with E-state index in [0.29, 0.717) is 12.4 Å². The minimum atomic E-state index is -2.98. The van der Waals surface area contributed by atoms with E-state index in [9.17, 15) is 8.42 Å². The van der Waals surface area contributed by atoms with Crippen molar-refractivity contribution in [3.63, 3.8) is 0 Å². The zero-order chi connectivity index (χ0) is 7.61. The van der Waals surface area contributed by atoms with Gasteiger partial charge in [0.05, 0.1) is 5.25 Å². The molecule has 0 aromatic carbocycles. The Morgan fingerprint density at radius 3 is 2.50 bits per heavy atom. The summed E-state index contributed by atoms with van der Waals surface area (Å²) in [6.07, 6.45) is 1.61. The van der Waals surface area contributed by atoms with Crippen LogP contribution in [0, 0.1) is 0 Å². The van der Waals surface area contributed by atoms with Crippen LogP contribution in [0.4, 0.5) is 0 Å². The van der Waals surface area contributed by atoms with Crippen molar-refractivity contribution in [3.05, 3.63) is 0 Å². The molecule has 0 unspecified atom stereocenters. The number of sulfonamides is 1. The molecule has 3 nitrogen and oxygen atoms in total. The lowest BCUT2D eigenvalue weighted by molar-refractivity contribution is 0.582. The Morgan fingerprint density at radius 2 is 2.10 bits per heavy atom. The van der Waals surface area contributed by atoms with Crippen LogP contribution >= 0.6 is 11.6 Å². The van der Waals surface area contributed by atoms with E-state index in [-0.39, 0.29) is 5.25 Å². The topological polar surface area (TPSA) is 46.2 Å². The van der Waals surface area contributed by atoms with Crippen molar-refractivity contribution in [2.24, 2.45) is 0 Å². The van der Waals surface area contributed by atoms with Gasteiger partial charge in [-0.3, -0.25) is 0 Å². The summed E-state index contributed by atoms with van der Waals surface area (Å²) in [6.45, 7) is 0.348. The molecular formula is C5H10ClNO2S. The third-order valence-electron chi connectivity index (χ3n) is 1.36. The quantitative estimate of drug-likeness (QED) is 0.638. The van der Waals surface area contributed by atoms with Gasteiger partial charge in [-0.05, 0) is 12.8 Å². The molecule has 0 heterocycles. The number of hydrogen-bond donors (Lipinski definition) is 1. The van der Waals surface area contributed by atoms with Crippen LogP contribution in [-0.4, -0.2) is 26.1 Å². The van der Waals surface area contributed by atoms with Crippen molar-refractivity contribution in [1.82, 2.24) is 4.72 Å². The number of alkyl halides is 1. The van der Waals surface area contributed by atoms with Crippen molar-refractivity contribution >= 4 is 21.6 Å². The lowest BCUT2D eigenvalue weighted by Crippen LogP contribution is -2.28. The Kier molecular flexibility index (Phi) is 2.55. The van der Waals surface area contributed by atoms with E-state index >= 15 is 0 Å². The maximum Gasteiger partial charge on any atom is 0.214 e. The molecule has 0 amide bonds. The number of hydrogen-bond acceptors (Lipinski definition) is 2. The van der Waals surface area contributed by atoms with Crippen LogP contribution in [0.25, 0.3) is 0 Å². The van der Waals surface area contributed by atoms with Crippen molar-refractivity contribution in [1.29, 1.82) is 0 Å². The first-order valence-electron chi connectivity index (χ1n) is 3.21. The SMILES string of the molecule is O=S(=O)(NCCCl)C1CC1. The maximum atomic E-state index is 11.0. The van der Waals surface area contributed by atoms with Gasteiger partial charge in [-0.15, -0.1) is 11.6 Å². The Morgan fingerprint density at radius 1 is 1.50 bits per heavy atom. The number of nitrogens with one attached hydrogen (secondary N) is 1. The predicted octanol–water partition coefficient (Wildman–Crippen LogP) is 0.307. The fourth-order valence-corrected chi connectivity index (χ4v) is 2.26. The standard InChI is InChI=1S/C5H10ClNO2S/c6-3-4-7-10(8,9)5-1-2-5/h5,7H,1-4H2. The zero-order valence-electron chi connectivity index (χ0n) is 5.51. The molecule has 5 heteroatoms. The van der Waals surface area contributed by atoms with E-state index in [0.717, 1.165) is 12.8 Å². The second-order valence-corrected chi connectivity index (χ2v) is 4.75. The Balaban J connectivity index is 2.36. The van der Waals surface area contributed by atoms with Gasteiger partial charge in [0.2, 0.25) is 10.0 Å². The second-order valence-electron chi connectivity index (χ2n) is 2.33. The molecule has 1 saturated carbocycles. The monoisotopic (exact) mass is 183 g/mol. The summed E-state index contributed by atoms with van der Waals surface area (Å²) in [5, 5.41) is -0.129. The highest BCUT2D eigenvalue weighted by molar-refractivity contribution is 7.90. The fraction of sp³-hybridized carbons (Fsp3) is 1.00. The van der Waals surface area contributed by atoms with Gasteiger partial charge in [-0.2, -0.15) is 0 Å². The number of rotatable bonds is 4. The Hall–Kier alpha value is 0.200. The van der Waals surface area contributed by atoms with E-state index < -0.39 is 10.0 Å². The summed E-state index contributed by atoms with van der Waals surface area (Å²) in [5.74, 6) is 0.339. The second kappa shape index (κ2) is 3.07. The van der Waals surface area contributed by atoms with Crippen LogP contribution < -0.4 is 4.72 Å². The Labute approximate surface area is 65.8 Å². The van der Waals surface area contributed by atoms with E-state index in [1.807, 2.05) is 0 Å². The van der Waals surface area contributed by atoms with Crippen LogP contribution in [0.1, 0.15) is 12.8 Å². The molecular weight excluding hydrogens is 174 g/mol. The highest BCUT2D eigenvalue weighted by Crippen LogP contribution is 2.27.